The number of aliphatic hydroxyl groups excluding tert-OH is 1. The third-order valence-electron chi connectivity index (χ3n) is 18.9. The molecular formula is C75H54O48. The van der Waals surface area contributed by atoms with Gasteiger partial charge in [-0.3, -0.25) is 0 Å². The molecule has 4 heterocycles. The van der Waals surface area contributed by atoms with Crippen molar-refractivity contribution in [1.82, 2.24) is 0 Å². The van der Waals surface area contributed by atoms with Crippen LogP contribution in [0.1, 0.15) is 93.2 Å². The van der Waals surface area contributed by atoms with Gasteiger partial charge >= 0.3 is 53.7 Å². The van der Waals surface area contributed by atoms with Crippen LogP contribution in [0.15, 0.2) is 78.9 Å². The molecule has 48 heteroatoms. The highest BCUT2D eigenvalue weighted by atomic mass is 16.8. The SMILES string of the molecule is O=C(O[C@@H]1O[C@@H]2COC(=O)c3cc(O)c(O)c(O)c3-c3c(cc(Oc4c(C(=O)O[C@@H]5[C@@H](OC(=O)c6cc(O)c(O)c(O)c6)[C@@H]6OC(=O)c7cc(O)c(O)c(O)c7-c7c(cc(O)c(O)c7O)C(=O)OC[C@H]6O[C@H]5O)cc(O)c(O)c4O)c(O)c3O)C(=O)O[C@H]2[C@H](OC(=O)c2cc(O)c(O)c(O)c2)[C@H]1OC(=O)c1cc(O)c(O)c(O)c1)c1cc(O)c(O)c(O)c1. The predicted octanol–water partition coefficient (Wildman–Crippen LogP) is 2.75. The maximum absolute atomic E-state index is 15.8. The highest BCUT2D eigenvalue weighted by Gasteiger charge is 2.57. The third-order valence-corrected chi connectivity index (χ3v) is 18.9. The third kappa shape index (κ3) is 14.8. The maximum atomic E-state index is 15.8. The first kappa shape index (κ1) is 83.6. The minimum atomic E-state index is -2.94. The van der Waals surface area contributed by atoms with Crippen LogP contribution < -0.4 is 4.74 Å². The van der Waals surface area contributed by atoms with Crippen molar-refractivity contribution in [3.63, 3.8) is 0 Å². The molecule has 0 aromatic heterocycles. The summed E-state index contributed by atoms with van der Waals surface area (Å²) in [6.07, 6.45) is -27.7. The number of ether oxygens (including phenoxy) is 12. The molecule has 2 saturated heterocycles. The molecular weight excluding hydrogens is 1670 g/mol. The Bertz CT molecular complexity index is 5970. The standard InChI is InChI=1S/C75H54O48/c76-25-1-16(2-26(77)44(25)88)65(102)119-61-59-38(14-112-69(106)20-9-33(84)48(92)53(97)40(20)42-22(71(108)117-59)11-35(86)50(94)55(42)99)115-74(111)63(61)121-73(110)24-12-36(87)51(95)57(101)58(24)114-37-13-23-43(56(100)52(37)96)41-21(10-34(85)49(93)54(41)98)70(107)113-15-39-60(118-72(23)109)62(120-66(103)17-3-27(78)45(89)28(79)4-17)64(122-67(104)18-5-29(80)46(90)30(81)6-18)75(116-39)123-68(105)19-7-31(82)47(91)32(83)8-19/h1-13,38-39,59-64,74-101,111H,14-15H2/t38-,39-,59-,60-,61+,62+,63-,64-,74-,75+/m1/s1. The van der Waals surface area contributed by atoms with Crippen LogP contribution in [0.25, 0.3) is 22.3 Å². The molecule has 27 N–H and O–H groups in total. The number of hydrogen-bond acceptors (Lipinski definition) is 48. The second-order valence-corrected chi connectivity index (χ2v) is 26.5. The molecule has 48 nitrogen and oxygen atoms in total. The Kier molecular flexibility index (Phi) is 21.3. The first-order valence-corrected chi connectivity index (χ1v) is 34.1. The van der Waals surface area contributed by atoms with Crippen LogP contribution >= 0.6 is 0 Å². The molecule has 0 radical (unpaired) electrons. The maximum Gasteiger partial charge on any atom is 0.342 e. The molecule has 0 amide bonds. The molecule has 4 aliphatic heterocycles. The van der Waals surface area contributed by atoms with Crippen LogP contribution in [0.3, 0.4) is 0 Å². The zero-order chi connectivity index (χ0) is 89.7. The van der Waals surface area contributed by atoms with Crippen molar-refractivity contribution in [1.29, 1.82) is 0 Å². The number of phenolic OH excluding ortho intramolecular Hbond substituents is 26. The quantitative estimate of drug-likeness (QED) is 0.0475. The summed E-state index contributed by atoms with van der Waals surface area (Å²) in [5, 5.41) is 294. The molecule has 0 saturated carbocycles. The van der Waals surface area contributed by atoms with Gasteiger partial charge in [0.1, 0.15) is 31.0 Å². The highest BCUT2D eigenvalue weighted by Crippen LogP contribution is 2.58. The first-order valence-electron chi connectivity index (χ1n) is 34.1. The molecule has 0 unspecified atom stereocenters. The average Bonchev–Trinajstić information content (AvgIpc) is 1.27. The van der Waals surface area contributed by atoms with E-state index in [0.717, 1.165) is 0 Å². The number of aromatic hydroxyl groups is 26. The van der Waals surface area contributed by atoms with Gasteiger partial charge in [0.25, 0.3) is 0 Å². The van der Waals surface area contributed by atoms with Crippen LogP contribution in [0.4, 0.5) is 0 Å². The molecule has 123 heavy (non-hydrogen) atoms. The van der Waals surface area contributed by atoms with E-state index in [-0.39, 0.29) is 24.3 Å². The lowest BCUT2D eigenvalue weighted by Crippen LogP contribution is -2.63. The Morgan fingerprint density at radius 3 is 0.943 bits per heavy atom. The number of esters is 9. The summed E-state index contributed by atoms with van der Waals surface area (Å²) in [5.74, 6) is -58.7. The molecule has 0 aliphatic carbocycles. The summed E-state index contributed by atoms with van der Waals surface area (Å²) in [5.41, 5.74) is -16.1. The van der Waals surface area contributed by atoms with Crippen molar-refractivity contribution >= 4 is 53.7 Å². The average molecular weight is 1720 g/mol. The number of benzene rings is 9. The number of rotatable bonds is 12. The minimum absolute atomic E-state index is 0.102. The first-order chi connectivity index (χ1) is 57.9. The molecule has 2 fully saturated rings. The number of carbonyl (C=O) groups excluding carboxylic acids is 9. The van der Waals surface area contributed by atoms with E-state index < -0.39 is 362 Å². The van der Waals surface area contributed by atoms with E-state index in [1.54, 1.807) is 0 Å². The van der Waals surface area contributed by atoms with Gasteiger partial charge in [-0.15, -0.1) is 0 Å². The fourth-order valence-electron chi connectivity index (χ4n) is 12.9. The van der Waals surface area contributed by atoms with Crippen LogP contribution in [-0.4, -0.2) is 266 Å². The molecule has 0 bridgehead atoms. The van der Waals surface area contributed by atoms with Gasteiger partial charge in [0.15, 0.2) is 163 Å². The van der Waals surface area contributed by atoms with E-state index in [4.69, 9.17) is 56.8 Å². The number of hydrogen-bond donors (Lipinski definition) is 27. The Labute approximate surface area is 676 Å². The molecule has 9 aromatic carbocycles. The summed E-state index contributed by atoms with van der Waals surface area (Å²) < 4.78 is 67.8. The number of fused-ring (bicyclic) bond motifs is 8. The van der Waals surface area contributed by atoms with Crippen LogP contribution in [-0.2, 0) is 52.1 Å². The van der Waals surface area contributed by atoms with E-state index in [1.807, 2.05) is 0 Å². The molecule has 642 valence electrons. The normalized spacial score (nSPS) is 19.8. The number of cyclic esters (lactones) is 2. The van der Waals surface area contributed by atoms with Gasteiger partial charge < -0.3 is 195 Å². The molecule has 4 aliphatic rings. The van der Waals surface area contributed by atoms with Crippen molar-refractivity contribution in [2.75, 3.05) is 13.2 Å². The largest absolute Gasteiger partial charge is 0.504 e. The van der Waals surface area contributed by atoms with Crippen LogP contribution in [0, 0.1) is 0 Å². The fraction of sp³-hybridized carbons (Fsp3) is 0.160. The monoisotopic (exact) mass is 1720 g/mol. The summed E-state index contributed by atoms with van der Waals surface area (Å²) in [4.78, 5) is 132. The summed E-state index contributed by atoms with van der Waals surface area (Å²) >= 11 is 0. The lowest BCUT2D eigenvalue weighted by atomic mass is 9.91. The Hall–Kier alpha value is -17.3. The van der Waals surface area contributed by atoms with Crippen molar-refractivity contribution in [3.05, 3.63) is 129 Å². The number of phenols is 26. The topological polar surface area (TPSA) is 811 Å². The van der Waals surface area contributed by atoms with Crippen LogP contribution in [0.5, 0.6) is 161 Å². The lowest BCUT2D eigenvalue weighted by molar-refractivity contribution is -0.284. The predicted molar refractivity (Wildman–Crippen MR) is 380 cm³/mol. The highest BCUT2D eigenvalue weighted by molar-refractivity contribution is 6.10. The Balaban J connectivity index is 0.948. The van der Waals surface area contributed by atoms with Crippen molar-refractivity contribution in [3.8, 4) is 183 Å². The van der Waals surface area contributed by atoms with Crippen LogP contribution in [0.2, 0.25) is 0 Å². The Morgan fingerprint density at radius 2 is 0.569 bits per heavy atom. The fourth-order valence-corrected chi connectivity index (χ4v) is 12.9. The molecule has 13 rings (SSSR count). The van der Waals surface area contributed by atoms with Gasteiger partial charge in [-0.1, -0.05) is 0 Å². The summed E-state index contributed by atoms with van der Waals surface area (Å²) in [6, 6.07) is 4.50. The van der Waals surface area contributed by atoms with E-state index in [2.05, 4.69) is 0 Å². The lowest BCUT2D eigenvalue weighted by Gasteiger charge is -2.43. The summed E-state index contributed by atoms with van der Waals surface area (Å²) in [7, 11) is 0. The van der Waals surface area contributed by atoms with Gasteiger partial charge in [0.05, 0.1) is 44.5 Å². The second kappa shape index (κ2) is 31.3. The number of carbonyl (C=O) groups is 9. The van der Waals surface area contributed by atoms with Crippen molar-refractivity contribution in [2.45, 2.75) is 61.4 Å². The van der Waals surface area contributed by atoms with Gasteiger partial charge in [-0.05, 0) is 66.7 Å². The zero-order valence-corrected chi connectivity index (χ0v) is 60.3. The molecule has 9 aromatic rings. The number of aliphatic hydroxyl groups is 1. The second-order valence-electron chi connectivity index (χ2n) is 26.5. The smallest absolute Gasteiger partial charge is 0.342 e. The summed E-state index contributed by atoms with van der Waals surface area (Å²) in [6.45, 7) is -2.96. The molecule has 0 spiro atoms. The van der Waals surface area contributed by atoms with Gasteiger partial charge in [0, 0.05) is 34.4 Å². The minimum Gasteiger partial charge on any atom is -0.504 e. The Morgan fingerprint density at radius 1 is 0.285 bits per heavy atom. The van der Waals surface area contributed by atoms with Crippen molar-refractivity contribution < 1.29 is 238 Å². The zero-order valence-electron chi connectivity index (χ0n) is 60.3. The van der Waals surface area contributed by atoms with E-state index in [1.165, 1.54) is 0 Å². The van der Waals surface area contributed by atoms with Gasteiger partial charge in [0.2, 0.25) is 46.9 Å². The molecule has 10 atom stereocenters. The van der Waals surface area contributed by atoms with E-state index in [9.17, 15) is 171 Å². The van der Waals surface area contributed by atoms with E-state index in [0.29, 0.717) is 54.6 Å². The van der Waals surface area contributed by atoms with Crippen molar-refractivity contribution in [2.24, 2.45) is 0 Å². The van der Waals surface area contributed by atoms with Gasteiger partial charge in [-0.2, -0.15) is 0 Å². The van der Waals surface area contributed by atoms with E-state index >= 15 is 9.59 Å². The van der Waals surface area contributed by atoms with Gasteiger partial charge in [-0.25, -0.2) is 43.2 Å².